The molecule has 1 heterocycles. The highest BCUT2D eigenvalue weighted by Crippen LogP contribution is 2.20. The lowest BCUT2D eigenvalue weighted by Crippen LogP contribution is -2.06. The molecule has 0 saturated carbocycles. The van der Waals surface area contributed by atoms with E-state index < -0.39 is 0 Å². The molecule has 0 aliphatic carbocycles. The summed E-state index contributed by atoms with van der Waals surface area (Å²) in [6.07, 6.45) is 0.830. The van der Waals surface area contributed by atoms with E-state index in [2.05, 4.69) is 71.3 Å². The van der Waals surface area contributed by atoms with E-state index in [-0.39, 0.29) is 0 Å². The zero-order valence-electron chi connectivity index (χ0n) is 14.1. The van der Waals surface area contributed by atoms with Gasteiger partial charge in [-0.3, -0.25) is 0 Å². The fourth-order valence-electron chi connectivity index (χ4n) is 3.18. The second kappa shape index (κ2) is 6.91. The molecule has 4 rings (SSSR count). The normalized spacial score (nSPS) is 11.1. The lowest BCUT2D eigenvalue weighted by molar-refractivity contribution is 0.762. The van der Waals surface area contributed by atoms with Crippen LogP contribution in [0.2, 0.25) is 0 Å². The maximum atomic E-state index is 5.71. The minimum absolute atomic E-state index is 0.577. The molecule has 25 heavy (non-hydrogen) atoms. The lowest BCUT2D eigenvalue weighted by atomic mass is 10.1. The molecule has 0 saturated heterocycles. The average Bonchev–Trinajstić information content (AvgIpc) is 3.00. The van der Waals surface area contributed by atoms with Gasteiger partial charge in [-0.25, -0.2) is 4.98 Å². The van der Waals surface area contributed by atoms with E-state index in [1.807, 2.05) is 12.1 Å². The molecule has 1 aromatic heterocycles. The third-order valence-electron chi connectivity index (χ3n) is 4.54. The van der Waals surface area contributed by atoms with Crippen molar-refractivity contribution in [2.24, 2.45) is 5.73 Å². The molecule has 3 aromatic carbocycles. The molecule has 4 aromatic rings. The molecule has 0 amide bonds. The largest absolute Gasteiger partial charge is 0.326 e. The molecule has 124 valence electrons. The summed E-state index contributed by atoms with van der Waals surface area (Å²) < 4.78 is 2.32. The zero-order chi connectivity index (χ0) is 17.1. The number of fused-ring (bicyclic) bond motifs is 1. The molecule has 0 aliphatic rings. The van der Waals surface area contributed by atoms with Crippen LogP contribution in [0.1, 0.15) is 22.5 Å². The predicted octanol–water partition coefficient (Wildman–Crippen LogP) is 4.13. The van der Waals surface area contributed by atoms with Crippen LogP contribution in [-0.2, 0) is 19.5 Å². The molecule has 2 N–H and O–H groups in total. The predicted molar refractivity (Wildman–Crippen MR) is 102 cm³/mol. The van der Waals surface area contributed by atoms with Crippen LogP contribution >= 0.6 is 0 Å². The Morgan fingerprint density at radius 1 is 0.720 bits per heavy atom. The van der Waals surface area contributed by atoms with Crippen LogP contribution in [0.3, 0.4) is 0 Å². The van der Waals surface area contributed by atoms with E-state index in [1.54, 1.807) is 0 Å². The van der Waals surface area contributed by atoms with Gasteiger partial charge in [0, 0.05) is 19.5 Å². The Kier molecular flexibility index (Phi) is 4.32. The van der Waals surface area contributed by atoms with Gasteiger partial charge in [0.25, 0.3) is 0 Å². The molecular formula is C22H21N3. The van der Waals surface area contributed by atoms with Gasteiger partial charge in [-0.2, -0.15) is 0 Å². The summed E-state index contributed by atoms with van der Waals surface area (Å²) in [5.74, 6) is 1.09. The first-order chi connectivity index (χ1) is 12.3. The van der Waals surface area contributed by atoms with Crippen molar-refractivity contribution >= 4 is 11.0 Å². The Hall–Kier alpha value is -2.91. The molecule has 0 atom stereocenters. The second-order valence-electron chi connectivity index (χ2n) is 6.29. The molecule has 0 fully saturated rings. The third-order valence-corrected chi connectivity index (χ3v) is 4.54. The molecule has 0 spiro atoms. The maximum Gasteiger partial charge on any atom is 0.114 e. The number of aromatic nitrogens is 2. The number of hydrogen-bond donors (Lipinski definition) is 1. The van der Waals surface area contributed by atoms with E-state index in [9.17, 15) is 0 Å². The first-order valence-electron chi connectivity index (χ1n) is 8.59. The molecule has 0 aliphatic heterocycles. The van der Waals surface area contributed by atoms with Crippen molar-refractivity contribution in [2.75, 3.05) is 0 Å². The number of imidazole rings is 1. The van der Waals surface area contributed by atoms with Gasteiger partial charge in [0.2, 0.25) is 0 Å². The van der Waals surface area contributed by atoms with Gasteiger partial charge in [0.1, 0.15) is 5.82 Å². The van der Waals surface area contributed by atoms with Crippen LogP contribution in [0.4, 0.5) is 0 Å². The number of para-hydroxylation sites is 2. The quantitative estimate of drug-likeness (QED) is 0.599. The topological polar surface area (TPSA) is 43.8 Å². The Bertz CT molecular complexity index is 969. The zero-order valence-corrected chi connectivity index (χ0v) is 14.1. The van der Waals surface area contributed by atoms with Crippen LogP contribution in [-0.4, -0.2) is 9.55 Å². The highest BCUT2D eigenvalue weighted by molar-refractivity contribution is 5.76. The van der Waals surface area contributed by atoms with Gasteiger partial charge in [-0.15, -0.1) is 0 Å². The van der Waals surface area contributed by atoms with Gasteiger partial charge in [-0.05, 0) is 28.8 Å². The number of nitrogens with zero attached hydrogens (tertiary/aromatic N) is 2. The highest BCUT2D eigenvalue weighted by atomic mass is 15.1. The molecule has 3 heteroatoms. The van der Waals surface area contributed by atoms with Crippen molar-refractivity contribution in [3.05, 3.63) is 101 Å². The highest BCUT2D eigenvalue weighted by Gasteiger charge is 2.11. The summed E-state index contributed by atoms with van der Waals surface area (Å²) in [7, 11) is 0. The smallest absolute Gasteiger partial charge is 0.114 e. The Morgan fingerprint density at radius 3 is 2.16 bits per heavy atom. The molecular weight excluding hydrogens is 306 g/mol. The first kappa shape index (κ1) is 15.6. The van der Waals surface area contributed by atoms with Crippen molar-refractivity contribution in [2.45, 2.75) is 19.5 Å². The van der Waals surface area contributed by atoms with Crippen LogP contribution in [0.25, 0.3) is 11.0 Å². The standard InChI is InChI=1S/C22H21N3/c23-15-18-10-12-19(13-11-18)16-25-21-9-5-4-8-20(21)24-22(25)14-17-6-2-1-3-7-17/h1-13H,14-16,23H2. The monoisotopic (exact) mass is 327 g/mol. The van der Waals surface area contributed by atoms with E-state index in [0.717, 1.165) is 29.9 Å². The lowest BCUT2D eigenvalue weighted by Gasteiger charge is -2.10. The van der Waals surface area contributed by atoms with Gasteiger partial charge in [-0.1, -0.05) is 66.7 Å². The summed E-state index contributed by atoms with van der Waals surface area (Å²) in [5, 5.41) is 0. The summed E-state index contributed by atoms with van der Waals surface area (Å²) in [4.78, 5) is 4.88. The first-order valence-corrected chi connectivity index (χ1v) is 8.59. The Labute approximate surface area is 147 Å². The summed E-state index contributed by atoms with van der Waals surface area (Å²) in [6.45, 7) is 1.39. The van der Waals surface area contributed by atoms with Crippen molar-refractivity contribution < 1.29 is 0 Å². The SMILES string of the molecule is NCc1ccc(Cn2c(Cc3ccccc3)nc3ccccc32)cc1. The molecule has 0 radical (unpaired) electrons. The van der Waals surface area contributed by atoms with E-state index in [1.165, 1.54) is 16.6 Å². The van der Waals surface area contributed by atoms with E-state index in [4.69, 9.17) is 10.7 Å². The van der Waals surface area contributed by atoms with Crippen LogP contribution < -0.4 is 5.73 Å². The number of benzene rings is 3. The fraction of sp³-hybridized carbons (Fsp3) is 0.136. The summed E-state index contributed by atoms with van der Waals surface area (Å²) >= 11 is 0. The van der Waals surface area contributed by atoms with E-state index in [0.29, 0.717) is 6.54 Å². The fourth-order valence-corrected chi connectivity index (χ4v) is 3.18. The third kappa shape index (κ3) is 3.32. The number of rotatable bonds is 5. The molecule has 3 nitrogen and oxygen atoms in total. The van der Waals surface area contributed by atoms with Crippen molar-refractivity contribution in [1.82, 2.24) is 9.55 Å². The Morgan fingerprint density at radius 2 is 1.40 bits per heavy atom. The van der Waals surface area contributed by atoms with Crippen molar-refractivity contribution in [3.63, 3.8) is 0 Å². The van der Waals surface area contributed by atoms with E-state index >= 15 is 0 Å². The van der Waals surface area contributed by atoms with Crippen molar-refractivity contribution in [1.29, 1.82) is 0 Å². The minimum Gasteiger partial charge on any atom is -0.326 e. The Balaban J connectivity index is 1.73. The maximum absolute atomic E-state index is 5.71. The van der Waals surface area contributed by atoms with Gasteiger partial charge < -0.3 is 10.3 Å². The van der Waals surface area contributed by atoms with Crippen LogP contribution in [0.15, 0.2) is 78.9 Å². The van der Waals surface area contributed by atoms with Gasteiger partial charge in [0.15, 0.2) is 0 Å². The number of hydrogen-bond acceptors (Lipinski definition) is 2. The average molecular weight is 327 g/mol. The minimum atomic E-state index is 0.577. The summed E-state index contributed by atoms with van der Waals surface area (Å²) in [6, 6.07) is 27.4. The van der Waals surface area contributed by atoms with Crippen LogP contribution in [0.5, 0.6) is 0 Å². The van der Waals surface area contributed by atoms with Crippen molar-refractivity contribution in [3.8, 4) is 0 Å². The summed E-state index contributed by atoms with van der Waals surface area (Å²) in [5.41, 5.74) is 11.6. The van der Waals surface area contributed by atoms with Gasteiger partial charge >= 0.3 is 0 Å². The molecule has 0 unspecified atom stereocenters. The van der Waals surface area contributed by atoms with Gasteiger partial charge in [0.05, 0.1) is 11.0 Å². The van der Waals surface area contributed by atoms with Crippen LogP contribution in [0, 0.1) is 0 Å². The molecule has 0 bridgehead atoms. The second-order valence-corrected chi connectivity index (χ2v) is 6.29. The number of nitrogens with two attached hydrogens (primary N) is 1.